The third kappa shape index (κ3) is 3.36. The fourth-order valence-electron chi connectivity index (χ4n) is 2.20. The van der Waals surface area contributed by atoms with E-state index in [9.17, 15) is 4.79 Å². The SMILES string of the molecule is CC1CCCNC1C(=O)Nc1ccc(Cl)cc1I. The third-order valence-electron chi connectivity index (χ3n) is 3.24. The first-order valence-corrected chi connectivity index (χ1v) is 7.53. The van der Waals surface area contributed by atoms with Gasteiger partial charge in [0.15, 0.2) is 0 Å². The van der Waals surface area contributed by atoms with Crippen LogP contribution < -0.4 is 10.6 Å². The summed E-state index contributed by atoms with van der Waals surface area (Å²) in [6.45, 7) is 3.03. The van der Waals surface area contributed by atoms with Gasteiger partial charge in [-0.2, -0.15) is 0 Å². The van der Waals surface area contributed by atoms with Gasteiger partial charge in [-0.25, -0.2) is 0 Å². The molecular weight excluding hydrogens is 363 g/mol. The van der Waals surface area contributed by atoms with Gasteiger partial charge in [-0.15, -0.1) is 0 Å². The number of anilines is 1. The monoisotopic (exact) mass is 378 g/mol. The molecule has 0 aromatic heterocycles. The molecule has 0 aliphatic carbocycles. The molecule has 3 nitrogen and oxygen atoms in total. The molecule has 98 valence electrons. The van der Waals surface area contributed by atoms with Crippen LogP contribution in [-0.2, 0) is 4.79 Å². The molecule has 1 saturated heterocycles. The first-order valence-electron chi connectivity index (χ1n) is 6.07. The van der Waals surface area contributed by atoms with Gasteiger partial charge in [-0.3, -0.25) is 4.79 Å². The van der Waals surface area contributed by atoms with Gasteiger partial charge in [0, 0.05) is 8.59 Å². The smallest absolute Gasteiger partial charge is 0.241 e. The summed E-state index contributed by atoms with van der Waals surface area (Å²) in [4.78, 5) is 12.2. The molecule has 2 rings (SSSR count). The maximum Gasteiger partial charge on any atom is 0.241 e. The average molecular weight is 379 g/mol. The zero-order valence-corrected chi connectivity index (χ0v) is 13.1. The van der Waals surface area contributed by atoms with E-state index in [-0.39, 0.29) is 11.9 Å². The van der Waals surface area contributed by atoms with Crippen LogP contribution in [0.15, 0.2) is 18.2 Å². The lowest BCUT2D eigenvalue weighted by Crippen LogP contribution is -2.48. The molecule has 5 heteroatoms. The zero-order valence-electron chi connectivity index (χ0n) is 10.2. The van der Waals surface area contributed by atoms with E-state index in [4.69, 9.17) is 11.6 Å². The van der Waals surface area contributed by atoms with Crippen molar-refractivity contribution >= 4 is 45.8 Å². The highest BCUT2D eigenvalue weighted by Gasteiger charge is 2.27. The highest BCUT2D eigenvalue weighted by Crippen LogP contribution is 2.23. The minimum Gasteiger partial charge on any atom is -0.324 e. The second-order valence-corrected chi connectivity index (χ2v) is 6.26. The van der Waals surface area contributed by atoms with Crippen LogP contribution in [0.2, 0.25) is 5.02 Å². The summed E-state index contributed by atoms with van der Waals surface area (Å²) in [6, 6.07) is 5.38. The maximum atomic E-state index is 12.2. The van der Waals surface area contributed by atoms with Crippen LogP contribution in [0.5, 0.6) is 0 Å². The number of carbonyl (C=O) groups excluding carboxylic acids is 1. The molecule has 1 heterocycles. The van der Waals surface area contributed by atoms with Crippen LogP contribution >= 0.6 is 34.2 Å². The van der Waals surface area contributed by atoms with Crippen molar-refractivity contribution in [3.63, 3.8) is 0 Å². The highest BCUT2D eigenvalue weighted by atomic mass is 127. The number of benzene rings is 1. The Labute approximate surface area is 126 Å². The lowest BCUT2D eigenvalue weighted by molar-refractivity contribution is -0.119. The van der Waals surface area contributed by atoms with E-state index < -0.39 is 0 Å². The van der Waals surface area contributed by atoms with Gasteiger partial charge in [0.25, 0.3) is 0 Å². The Morgan fingerprint density at radius 3 is 3.00 bits per heavy atom. The van der Waals surface area contributed by atoms with Gasteiger partial charge in [0.2, 0.25) is 5.91 Å². The molecular formula is C13H16ClIN2O. The third-order valence-corrected chi connectivity index (χ3v) is 4.37. The second kappa shape index (κ2) is 6.21. The number of rotatable bonds is 2. The summed E-state index contributed by atoms with van der Waals surface area (Å²) in [7, 11) is 0. The summed E-state index contributed by atoms with van der Waals surface area (Å²) >= 11 is 8.07. The van der Waals surface area contributed by atoms with E-state index >= 15 is 0 Å². The zero-order chi connectivity index (χ0) is 13.1. The number of carbonyl (C=O) groups is 1. The fraction of sp³-hybridized carbons (Fsp3) is 0.462. The normalized spacial score (nSPS) is 23.7. The van der Waals surface area contributed by atoms with Crippen molar-refractivity contribution in [2.24, 2.45) is 5.92 Å². The Morgan fingerprint density at radius 2 is 2.33 bits per heavy atom. The van der Waals surface area contributed by atoms with Crippen LogP contribution in [0.4, 0.5) is 5.69 Å². The Morgan fingerprint density at radius 1 is 1.56 bits per heavy atom. The van der Waals surface area contributed by atoms with Crippen LogP contribution in [-0.4, -0.2) is 18.5 Å². The number of halogens is 2. The van der Waals surface area contributed by atoms with Crippen LogP contribution in [0.25, 0.3) is 0 Å². The Bertz CT molecular complexity index is 453. The van der Waals surface area contributed by atoms with Crippen molar-refractivity contribution in [2.45, 2.75) is 25.8 Å². The number of amides is 1. The van der Waals surface area contributed by atoms with Crippen molar-refractivity contribution in [3.05, 3.63) is 26.8 Å². The fourth-order valence-corrected chi connectivity index (χ4v) is 3.21. The quantitative estimate of drug-likeness (QED) is 0.776. The molecule has 18 heavy (non-hydrogen) atoms. The van der Waals surface area contributed by atoms with Gasteiger partial charge in [-0.05, 0) is 66.1 Å². The van der Waals surface area contributed by atoms with Crippen LogP contribution in [0.3, 0.4) is 0 Å². The number of hydrogen-bond donors (Lipinski definition) is 2. The maximum absolute atomic E-state index is 12.2. The topological polar surface area (TPSA) is 41.1 Å². The predicted molar refractivity (Wildman–Crippen MR) is 83.0 cm³/mol. The summed E-state index contributed by atoms with van der Waals surface area (Å²) in [5.41, 5.74) is 0.824. The highest BCUT2D eigenvalue weighted by molar-refractivity contribution is 14.1. The summed E-state index contributed by atoms with van der Waals surface area (Å²) in [6.07, 6.45) is 2.24. The van der Waals surface area contributed by atoms with Gasteiger partial charge >= 0.3 is 0 Å². The van der Waals surface area contributed by atoms with E-state index in [0.717, 1.165) is 28.6 Å². The molecule has 0 bridgehead atoms. The molecule has 1 fully saturated rings. The molecule has 0 radical (unpaired) electrons. The molecule has 1 aliphatic heterocycles. The minimum atomic E-state index is -0.0924. The largest absolute Gasteiger partial charge is 0.324 e. The molecule has 1 aromatic rings. The summed E-state index contributed by atoms with van der Waals surface area (Å²) in [5.74, 6) is 0.422. The summed E-state index contributed by atoms with van der Waals surface area (Å²) in [5, 5.41) is 6.93. The van der Waals surface area contributed by atoms with Gasteiger partial charge in [-0.1, -0.05) is 18.5 Å². The van der Waals surface area contributed by atoms with E-state index in [2.05, 4.69) is 40.1 Å². The van der Waals surface area contributed by atoms with E-state index in [1.165, 1.54) is 0 Å². The van der Waals surface area contributed by atoms with Crippen molar-refractivity contribution in [3.8, 4) is 0 Å². The molecule has 1 aliphatic rings. The van der Waals surface area contributed by atoms with Gasteiger partial charge < -0.3 is 10.6 Å². The minimum absolute atomic E-state index is 0.0439. The molecule has 2 N–H and O–H groups in total. The van der Waals surface area contributed by atoms with Gasteiger partial charge in [0.05, 0.1) is 11.7 Å². The van der Waals surface area contributed by atoms with Crippen molar-refractivity contribution in [2.75, 3.05) is 11.9 Å². The van der Waals surface area contributed by atoms with E-state index in [1.54, 1.807) is 6.07 Å². The van der Waals surface area contributed by atoms with E-state index in [1.807, 2.05) is 12.1 Å². The molecule has 2 atom stereocenters. The van der Waals surface area contributed by atoms with Gasteiger partial charge in [0.1, 0.15) is 0 Å². The lowest BCUT2D eigenvalue weighted by Gasteiger charge is -2.29. The molecule has 1 amide bonds. The van der Waals surface area contributed by atoms with Crippen LogP contribution in [0, 0.1) is 9.49 Å². The Balaban J connectivity index is 2.06. The Kier molecular flexibility index (Phi) is 4.86. The van der Waals surface area contributed by atoms with E-state index in [0.29, 0.717) is 10.9 Å². The van der Waals surface area contributed by atoms with Crippen molar-refractivity contribution in [1.29, 1.82) is 0 Å². The molecule has 0 spiro atoms. The standard InChI is InChI=1S/C13H16ClIN2O/c1-8-3-2-6-16-12(8)13(18)17-11-5-4-9(14)7-10(11)15/h4-5,7-8,12,16H,2-3,6H2,1H3,(H,17,18). The first kappa shape index (κ1) is 14.1. The molecule has 1 aromatic carbocycles. The Hall–Kier alpha value is -0.330. The number of piperidine rings is 1. The first-order chi connectivity index (χ1) is 8.58. The number of hydrogen-bond acceptors (Lipinski definition) is 2. The van der Waals surface area contributed by atoms with Crippen LogP contribution in [0.1, 0.15) is 19.8 Å². The molecule has 2 unspecified atom stereocenters. The predicted octanol–water partition coefficient (Wildman–Crippen LogP) is 3.27. The average Bonchev–Trinajstić information content (AvgIpc) is 2.33. The van der Waals surface area contributed by atoms with Crippen molar-refractivity contribution in [1.82, 2.24) is 5.32 Å². The second-order valence-electron chi connectivity index (χ2n) is 4.66. The lowest BCUT2D eigenvalue weighted by atomic mass is 9.92. The summed E-state index contributed by atoms with van der Waals surface area (Å²) < 4.78 is 0.955. The van der Waals surface area contributed by atoms with Crippen molar-refractivity contribution < 1.29 is 4.79 Å². The molecule has 0 saturated carbocycles. The number of nitrogens with one attached hydrogen (secondary N) is 2.